The van der Waals surface area contributed by atoms with Crippen LogP contribution in [0.2, 0.25) is 5.15 Å². The summed E-state index contributed by atoms with van der Waals surface area (Å²) in [4.78, 5) is 11.9. The molecule has 0 radical (unpaired) electrons. The lowest BCUT2D eigenvalue weighted by Gasteiger charge is -2.07. The number of hydrogen-bond acceptors (Lipinski definition) is 5. The second kappa shape index (κ2) is 5.27. The monoisotopic (exact) mass is 320 g/mol. The fraction of sp³-hybridized carbons (Fsp3) is 0. The van der Waals surface area contributed by atoms with Gasteiger partial charge in [-0.1, -0.05) is 11.6 Å². The number of benzene rings is 1. The maximum Gasteiger partial charge on any atom is 0.264 e. The number of fused-ring (bicyclic) bond motifs is 1. The van der Waals surface area contributed by atoms with E-state index in [-0.39, 0.29) is 10.8 Å². The molecule has 0 aliphatic rings. The third kappa shape index (κ3) is 2.93. The molecule has 0 aliphatic heterocycles. The van der Waals surface area contributed by atoms with Gasteiger partial charge in [0.2, 0.25) is 5.95 Å². The molecule has 0 fully saturated rings. The normalized spacial score (nSPS) is 11.5. The van der Waals surface area contributed by atoms with Gasteiger partial charge in [0.15, 0.2) is 0 Å². The van der Waals surface area contributed by atoms with E-state index >= 15 is 0 Å². The highest BCUT2D eigenvalue weighted by Gasteiger charge is 2.16. The molecule has 2 aromatic heterocycles. The summed E-state index contributed by atoms with van der Waals surface area (Å²) in [5.41, 5.74) is 0.623. The molecule has 106 valence electrons. The summed E-state index contributed by atoms with van der Waals surface area (Å²) in [5, 5.41) is 1.03. The van der Waals surface area contributed by atoms with Crippen molar-refractivity contribution in [2.24, 2.45) is 0 Å². The van der Waals surface area contributed by atoms with Gasteiger partial charge in [-0.2, -0.15) is 0 Å². The van der Waals surface area contributed by atoms with Crippen molar-refractivity contribution in [2.45, 2.75) is 4.90 Å². The fourth-order valence-corrected chi connectivity index (χ4v) is 2.92. The number of halogens is 1. The van der Waals surface area contributed by atoms with Crippen LogP contribution in [-0.4, -0.2) is 23.4 Å². The first-order chi connectivity index (χ1) is 10.0. The van der Waals surface area contributed by atoms with Crippen molar-refractivity contribution in [1.29, 1.82) is 0 Å². The lowest BCUT2D eigenvalue weighted by atomic mass is 10.2. The highest BCUT2D eigenvalue weighted by molar-refractivity contribution is 7.92. The first kappa shape index (κ1) is 13.7. The van der Waals surface area contributed by atoms with E-state index in [4.69, 9.17) is 11.6 Å². The average molecular weight is 321 g/mol. The predicted molar refractivity (Wildman–Crippen MR) is 79.6 cm³/mol. The molecule has 0 saturated carbocycles. The zero-order valence-electron chi connectivity index (χ0n) is 10.6. The molecule has 8 heteroatoms. The van der Waals surface area contributed by atoms with Crippen LogP contribution in [0, 0.1) is 0 Å². The third-order valence-corrected chi connectivity index (χ3v) is 4.26. The second-order valence-corrected chi connectivity index (χ2v) is 6.24. The van der Waals surface area contributed by atoms with Gasteiger partial charge < -0.3 is 0 Å². The number of sulfonamides is 1. The highest BCUT2D eigenvalue weighted by Crippen LogP contribution is 2.20. The standard InChI is InChI=1S/C13H9ClN4O2S/c14-12-5-2-9-8-10(3-4-11(9)17-12)21(19,20)18-13-15-6-1-7-16-13/h1-8H,(H,15,16,18). The Labute approximate surface area is 125 Å². The summed E-state index contributed by atoms with van der Waals surface area (Å²) in [6.07, 6.45) is 2.91. The molecule has 3 aromatic rings. The van der Waals surface area contributed by atoms with Crippen molar-refractivity contribution in [3.05, 3.63) is 53.9 Å². The van der Waals surface area contributed by atoms with E-state index in [1.807, 2.05) is 0 Å². The van der Waals surface area contributed by atoms with Crippen molar-refractivity contribution in [1.82, 2.24) is 15.0 Å². The van der Waals surface area contributed by atoms with E-state index in [0.29, 0.717) is 16.1 Å². The van der Waals surface area contributed by atoms with E-state index in [0.717, 1.165) is 0 Å². The third-order valence-electron chi connectivity index (χ3n) is 2.73. The molecule has 6 nitrogen and oxygen atoms in total. The number of anilines is 1. The van der Waals surface area contributed by atoms with Crippen molar-refractivity contribution in [2.75, 3.05) is 4.72 Å². The van der Waals surface area contributed by atoms with Crippen LogP contribution in [0.15, 0.2) is 53.7 Å². The lowest BCUT2D eigenvalue weighted by molar-refractivity contribution is 0.601. The number of pyridine rings is 1. The smallest absolute Gasteiger partial charge is 0.247 e. The van der Waals surface area contributed by atoms with Crippen LogP contribution in [0.1, 0.15) is 0 Å². The zero-order chi connectivity index (χ0) is 14.9. The van der Waals surface area contributed by atoms with Gasteiger partial charge in [-0.05, 0) is 36.4 Å². The minimum Gasteiger partial charge on any atom is -0.247 e. The van der Waals surface area contributed by atoms with Gasteiger partial charge >= 0.3 is 0 Å². The number of aromatic nitrogens is 3. The summed E-state index contributed by atoms with van der Waals surface area (Å²) in [5.74, 6) is 0.0202. The van der Waals surface area contributed by atoms with Gasteiger partial charge in [0, 0.05) is 17.8 Å². The molecule has 21 heavy (non-hydrogen) atoms. The Kier molecular flexibility index (Phi) is 3.44. The van der Waals surface area contributed by atoms with Gasteiger partial charge in [0.1, 0.15) is 5.15 Å². The molecule has 3 rings (SSSR count). The van der Waals surface area contributed by atoms with E-state index in [1.165, 1.54) is 24.5 Å². The van der Waals surface area contributed by atoms with E-state index in [9.17, 15) is 8.42 Å². The van der Waals surface area contributed by atoms with Crippen LogP contribution >= 0.6 is 11.6 Å². The second-order valence-electron chi connectivity index (χ2n) is 4.17. The van der Waals surface area contributed by atoms with Gasteiger partial charge in [-0.25, -0.2) is 28.1 Å². The molecule has 0 amide bonds. The zero-order valence-corrected chi connectivity index (χ0v) is 12.1. The molecule has 0 spiro atoms. The Balaban J connectivity index is 2.01. The minimum atomic E-state index is -3.75. The van der Waals surface area contributed by atoms with E-state index in [1.54, 1.807) is 24.3 Å². The van der Waals surface area contributed by atoms with Crippen LogP contribution in [0.5, 0.6) is 0 Å². The molecule has 0 unspecified atom stereocenters. The molecule has 0 bridgehead atoms. The van der Waals surface area contributed by atoms with Crippen molar-refractivity contribution in [3.8, 4) is 0 Å². The van der Waals surface area contributed by atoms with Crippen molar-refractivity contribution < 1.29 is 8.42 Å². The Morgan fingerprint density at radius 2 is 1.81 bits per heavy atom. The summed E-state index contributed by atoms with van der Waals surface area (Å²) in [6, 6.07) is 9.49. The number of hydrogen-bond donors (Lipinski definition) is 1. The van der Waals surface area contributed by atoms with E-state index < -0.39 is 10.0 Å². The maximum absolute atomic E-state index is 12.3. The van der Waals surface area contributed by atoms with Crippen molar-refractivity contribution in [3.63, 3.8) is 0 Å². The number of nitrogens with one attached hydrogen (secondary N) is 1. The summed E-state index contributed by atoms with van der Waals surface area (Å²) >= 11 is 5.80. The SMILES string of the molecule is O=S(=O)(Nc1ncccn1)c1ccc2nc(Cl)ccc2c1. The maximum atomic E-state index is 12.3. The van der Waals surface area contributed by atoms with Crippen LogP contribution in [0.25, 0.3) is 10.9 Å². The molecule has 2 heterocycles. The average Bonchev–Trinajstić information content (AvgIpc) is 2.47. The molecular formula is C13H9ClN4O2S. The highest BCUT2D eigenvalue weighted by atomic mass is 35.5. The fourth-order valence-electron chi connectivity index (χ4n) is 1.78. The summed E-state index contributed by atoms with van der Waals surface area (Å²) in [7, 11) is -3.75. The lowest BCUT2D eigenvalue weighted by Crippen LogP contribution is -2.14. The first-order valence-corrected chi connectivity index (χ1v) is 7.77. The molecule has 0 saturated heterocycles. The first-order valence-electron chi connectivity index (χ1n) is 5.91. The van der Waals surface area contributed by atoms with Crippen LogP contribution in [-0.2, 0) is 10.0 Å². The van der Waals surface area contributed by atoms with Crippen LogP contribution in [0.4, 0.5) is 5.95 Å². The van der Waals surface area contributed by atoms with Gasteiger partial charge in [0.25, 0.3) is 10.0 Å². The van der Waals surface area contributed by atoms with Crippen LogP contribution < -0.4 is 4.72 Å². The topological polar surface area (TPSA) is 84.8 Å². The predicted octanol–water partition coefficient (Wildman–Crippen LogP) is 2.48. The number of nitrogens with zero attached hydrogens (tertiary/aromatic N) is 3. The Hall–Kier alpha value is -2.25. The summed E-state index contributed by atoms with van der Waals surface area (Å²) < 4.78 is 26.9. The molecule has 0 aliphatic carbocycles. The van der Waals surface area contributed by atoms with E-state index in [2.05, 4.69) is 19.7 Å². The van der Waals surface area contributed by atoms with Gasteiger partial charge in [-0.3, -0.25) is 0 Å². The molecule has 0 atom stereocenters. The van der Waals surface area contributed by atoms with Gasteiger partial charge in [-0.15, -0.1) is 0 Å². The molecule has 1 aromatic carbocycles. The molecule has 1 N–H and O–H groups in total. The Morgan fingerprint density at radius 1 is 1.05 bits per heavy atom. The van der Waals surface area contributed by atoms with Crippen molar-refractivity contribution >= 4 is 38.5 Å². The van der Waals surface area contributed by atoms with Gasteiger partial charge in [0.05, 0.1) is 10.4 Å². The Bertz CT molecular complexity index is 900. The molecular weight excluding hydrogens is 312 g/mol. The quantitative estimate of drug-likeness (QED) is 0.749. The summed E-state index contributed by atoms with van der Waals surface area (Å²) in [6.45, 7) is 0. The Morgan fingerprint density at radius 3 is 2.57 bits per heavy atom. The van der Waals surface area contributed by atoms with Crippen LogP contribution in [0.3, 0.4) is 0 Å². The largest absolute Gasteiger partial charge is 0.264 e. The minimum absolute atomic E-state index is 0.0202. The number of rotatable bonds is 3.